The number of carbonyl (C=O) groups is 2. The van der Waals surface area contributed by atoms with E-state index in [2.05, 4.69) is 6.58 Å². The Morgan fingerprint density at radius 2 is 2.17 bits per heavy atom. The van der Waals surface area contributed by atoms with Crippen molar-refractivity contribution >= 4 is 11.8 Å². The summed E-state index contributed by atoms with van der Waals surface area (Å²) in [6.07, 6.45) is -1.81. The van der Waals surface area contributed by atoms with E-state index in [9.17, 15) is 19.8 Å². The number of allylic oxidation sites excluding steroid dienone is 1. The summed E-state index contributed by atoms with van der Waals surface area (Å²) in [5, 5.41) is 38.6. The Hall–Kier alpha value is -1.58. The number of hydrogen-bond acceptors (Lipinski definition) is 7. The van der Waals surface area contributed by atoms with E-state index in [4.69, 9.17) is 19.7 Å². The maximum atomic E-state index is 12.4. The number of carbonyl (C=O) groups excluding carboxylic acids is 1. The Morgan fingerprint density at radius 3 is 2.75 bits per heavy atom. The van der Waals surface area contributed by atoms with Crippen LogP contribution in [0.2, 0.25) is 0 Å². The van der Waals surface area contributed by atoms with Gasteiger partial charge in [0.1, 0.15) is 12.2 Å². The van der Waals surface area contributed by atoms with Crippen molar-refractivity contribution in [3.05, 3.63) is 23.8 Å². The van der Waals surface area contributed by atoms with Gasteiger partial charge >= 0.3 is 5.97 Å². The van der Waals surface area contributed by atoms with E-state index < -0.39 is 48.4 Å². The third-order valence-corrected chi connectivity index (χ3v) is 4.54. The molecule has 2 saturated heterocycles. The first-order valence-electron chi connectivity index (χ1n) is 7.63. The molecule has 2 aliphatic heterocycles. The molecule has 0 aliphatic carbocycles. The molecule has 5 atom stereocenters. The van der Waals surface area contributed by atoms with Gasteiger partial charge in [0.2, 0.25) is 5.78 Å². The highest BCUT2D eigenvalue weighted by Crippen LogP contribution is 2.42. The summed E-state index contributed by atoms with van der Waals surface area (Å²) in [7, 11) is 0. The van der Waals surface area contributed by atoms with Gasteiger partial charge in [0, 0.05) is 11.5 Å². The van der Waals surface area contributed by atoms with E-state index in [1.54, 1.807) is 0 Å². The van der Waals surface area contributed by atoms with Gasteiger partial charge in [-0.25, -0.2) is 4.79 Å². The molecule has 8 heteroatoms. The molecule has 134 valence electrons. The van der Waals surface area contributed by atoms with E-state index in [0.29, 0.717) is 18.4 Å². The summed E-state index contributed by atoms with van der Waals surface area (Å²) in [6.45, 7) is 4.74. The van der Waals surface area contributed by atoms with Gasteiger partial charge in [0.15, 0.2) is 11.9 Å². The number of hydrogen-bond donors (Lipinski definition) is 4. The maximum Gasteiger partial charge on any atom is 0.330 e. The van der Waals surface area contributed by atoms with E-state index in [1.807, 2.05) is 0 Å². The van der Waals surface area contributed by atoms with Gasteiger partial charge in [-0.3, -0.25) is 4.79 Å². The van der Waals surface area contributed by atoms with Crippen LogP contribution in [0.4, 0.5) is 0 Å². The van der Waals surface area contributed by atoms with Crippen molar-refractivity contribution in [3.63, 3.8) is 0 Å². The number of aliphatic carboxylic acids is 1. The lowest BCUT2D eigenvalue weighted by Gasteiger charge is -2.41. The van der Waals surface area contributed by atoms with Crippen LogP contribution < -0.4 is 0 Å². The minimum atomic E-state index is -2.06. The number of fused-ring (bicyclic) bond motifs is 1. The number of Topliss-reactive ketones (excluding diaryl/α,β-unsaturated/α-hetero) is 1. The third-order valence-electron chi connectivity index (χ3n) is 4.54. The lowest BCUT2D eigenvalue weighted by Crippen LogP contribution is -2.64. The fraction of sp³-hybridized carbons (Fsp3) is 0.625. The van der Waals surface area contributed by atoms with Gasteiger partial charge in [0.05, 0.1) is 13.2 Å². The number of ketones is 1. The van der Waals surface area contributed by atoms with Crippen LogP contribution in [-0.2, 0) is 19.1 Å². The largest absolute Gasteiger partial charge is 0.478 e. The average molecular weight is 342 g/mol. The van der Waals surface area contributed by atoms with Gasteiger partial charge in [0.25, 0.3) is 0 Å². The molecular formula is C16H22O8. The van der Waals surface area contributed by atoms with Crippen molar-refractivity contribution in [1.82, 2.24) is 0 Å². The SMILES string of the molecule is C=C(CCC=C(C)C(=O)O)C1COC2OC(CO)C(O)C(=O)C21O. The minimum Gasteiger partial charge on any atom is -0.478 e. The molecule has 0 aromatic carbocycles. The molecule has 4 N–H and O–H groups in total. The smallest absolute Gasteiger partial charge is 0.330 e. The molecule has 0 bridgehead atoms. The van der Waals surface area contributed by atoms with E-state index in [-0.39, 0.29) is 12.2 Å². The molecule has 24 heavy (non-hydrogen) atoms. The van der Waals surface area contributed by atoms with Crippen molar-refractivity contribution in [2.75, 3.05) is 13.2 Å². The topological polar surface area (TPSA) is 134 Å². The van der Waals surface area contributed by atoms with Crippen molar-refractivity contribution in [3.8, 4) is 0 Å². The van der Waals surface area contributed by atoms with Crippen molar-refractivity contribution in [2.24, 2.45) is 5.92 Å². The summed E-state index contributed by atoms with van der Waals surface area (Å²) in [4.78, 5) is 23.1. The molecule has 5 unspecified atom stereocenters. The van der Waals surface area contributed by atoms with Crippen LogP contribution in [0.25, 0.3) is 0 Å². The van der Waals surface area contributed by atoms with Crippen molar-refractivity contribution < 1.29 is 39.5 Å². The number of ether oxygens (including phenoxy) is 2. The Balaban J connectivity index is 2.09. The van der Waals surface area contributed by atoms with Crippen LogP contribution in [-0.4, -0.2) is 69.5 Å². The molecule has 0 radical (unpaired) electrons. The monoisotopic (exact) mass is 342 g/mol. The zero-order valence-electron chi connectivity index (χ0n) is 13.3. The summed E-state index contributed by atoms with van der Waals surface area (Å²) in [6, 6.07) is 0. The molecule has 0 saturated carbocycles. The van der Waals surface area contributed by atoms with Gasteiger partial charge in [-0.1, -0.05) is 18.2 Å². The summed E-state index contributed by atoms with van der Waals surface area (Å²) < 4.78 is 10.6. The molecule has 2 fully saturated rings. The predicted molar refractivity (Wildman–Crippen MR) is 80.9 cm³/mol. The van der Waals surface area contributed by atoms with Gasteiger partial charge < -0.3 is 29.9 Å². The standard InChI is InChI=1S/C16H22O8/c1-8(4-3-5-9(2)14(20)21)10-7-23-15-16(10,22)13(19)12(18)11(6-17)24-15/h5,10-12,15,17-18,22H,1,3-4,6-7H2,2H3,(H,20,21). The molecule has 2 aliphatic rings. The summed E-state index contributed by atoms with van der Waals surface area (Å²) in [5.41, 5.74) is -1.37. The second-order valence-corrected chi connectivity index (χ2v) is 6.10. The number of aliphatic hydroxyl groups is 3. The second kappa shape index (κ2) is 7.12. The number of carboxylic acid groups (broad SMARTS) is 1. The zero-order chi connectivity index (χ0) is 18.1. The first-order chi connectivity index (χ1) is 11.2. The highest BCUT2D eigenvalue weighted by atomic mass is 16.7. The van der Waals surface area contributed by atoms with Crippen LogP contribution in [0.5, 0.6) is 0 Å². The quantitative estimate of drug-likeness (QED) is 0.371. The maximum absolute atomic E-state index is 12.4. The van der Waals surface area contributed by atoms with Crippen LogP contribution in [0.3, 0.4) is 0 Å². The van der Waals surface area contributed by atoms with Gasteiger partial charge in [-0.15, -0.1) is 0 Å². The Morgan fingerprint density at radius 1 is 1.50 bits per heavy atom. The molecule has 0 aromatic rings. The molecule has 2 rings (SSSR count). The summed E-state index contributed by atoms with van der Waals surface area (Å²) in [5.74, 6) is -2.65. The number of rotatable bonds is 6. The first kappa shape index (κ1) is 18.8. The van der Waals surface area contributed by atoms with Crippen molar-refractivity contribution in [2.45, 2.75) is 43.9 Å². The Kier molecular flexibility index (Phi) is 5.56. The third kappa shape index (κ3) is 3.15. The lowest BCUT2D eigenvalue weighted by molar-refractivity contribution is -0.259. The van der Waals surface area contributed by atoms with Crippen LogP contribution in [0, 0.1) is 5.92 Å². The Bertz CT molecular complexity index is 568. The highest BCUT2D eigenvalue weighted by molar-refractivity contribution is 5.93. The summed E-state index contributed by atoms with van der Waals surface area (Å²) >= 11 is 0. The van der Waals surface area contributed by atoms with Gasteiger partial charge in [-0.2, -0.15) is 0 Å². The normalized spacial score (nSPS) is 36.5. The molecule has 0 spiro atoms. The zero-order valence-corrected chi connectivity index (χ0v) is 13.3. The lowest BCUT2D eigenvalue weighted by atomic mass is 9.76. The van der Waals surface area contributed by atoms with Crippen LogP contribution in [0.1, 0.15) is 19.8 Å². The molecule has 2 heterocycles. The molecular weight excluding hydrogens is 320 g/mol. The number of aliphatic hydroxyl groups excluding tert-OH is 2. The average Bonchev–Trinajstić information content (AvgIpc) is 2.88. The highest BCUT2D eigenvalue weighted by Gasteiger charge is 2.63. The Labute approximate surface area is 139 Å². The van der Waals surface area contributed by atoms with Crippen LogP contribution in [0.15, 0.2) is 23.8 Å². The van der Waals surface area contributed by atoms with Crippen LogP contribution >= 0.6 is 0 Å². The fourth-order valence-electron chi connectivity index (χ4n) is 2.98. The fourth-order valence-corrected chi connectivity index (χ4v) is 2.98. The first-order valence-corrected chi connectivity index (χ1v) is 7.63. The molecule has 0 amide bonds. The molecule has 8 nitrogen and oxygen atoms in total. The van der Waals surface area contributed by atoms with E-state index >= 15 is 0 Å². The second-order valence-electron chi connectivity index (χ2n) is 6.10. The van der Waals surface area contributed by atoms with E-state index in [0.717, 1.165) is 0 Å². The molecule has 0 aromatic heterocycles. The van der Waals surface area contributed by atoms with Gasteiger partial charge in [-0.05, 0) is 19.8 Å². The number of carboxylic acids is 1. The predicted octanol–water partition coefficient (Wildman–Crippen LogP) is -0.622. The minimum absolute atomic E-state index is 0.0156. The van der Waals surface area contributed by atoms with E-state index in [1.165, 1.54) is 13.0 Å². The van der Waals surface area contributed by atoms with Crippen molar-refractivity contribution in [1.29, 1.82) is 0 Å².